The maximum Gasteiger partial charge on any atom is 0.251 e. The van der Waals surface area contributed by atoms with Gasteiger partial charge in [0.25, 0.3) is 5.91 Å². The lowest BCUT2D eigenvalue weighted by Crippen LogP contribution is -2.55. The molecule has 1 aliphatic rings. The molecule has 0 aliphatic carbocycles. The molecule has 0 radical (unpaired) electrons. The molecule has 0 bridgehead atoms. The summed E-state index contributed by atoms with van der Waals surface area (Å²) in [7, 11) is 0. The summed E-state index contributed by atoms with van der Waals surface area (Å²) >= 11 is 0. The van der Waals surface area contributed by atoms with Gasteiger partial charge in [-0.3, -0.25) is 10.2 Å². The topological polar surface area (TPSA) is 56.1 Å². The third-order valence-corrected chi connectivity index (χ3v) is 3.31. The Balaban J connectivity index is 2.58. The maximum absolute atomic E-state index is 11.8. The van der Waals surface area contributed by atoms with E-state index in [9.17, 15) is 4.79 Å². The average molecular weight is 223 g/mol. The number of hydrogen-bond donors (Lipinski definition) is 1. The maximum atomic E-state index is 11.8. The molecule has 3 atom stereocenters. The highest BCUT2D eigenvalue weighted by atomic mass is 16.2. The molecule has 0 aromatic carbocycles. The highest BCUT2D eigenvalue weighted by Gasteiger charge is 2.27. The van der Waals surface area contributed by atoms with Crippen LogP contribution in [0.1, 0.15) is 46.5 Å². The number of hydrazine groups is 1. The molecule has 0 aromatic rings. The first-order valence-electron chi connectivity index (χ1n) is 6.08. The summed E-state index contributed by atoms with van der Waals surface area (Å²) in [5.41, 5.74) is 2.89. The Morgan fingerprint density at radius 3 is 2.50 bits per heavy atom. The zero-order valence-electron chi connectivity index (χ0n) is 10.4. The number of hydrogen-bond acceptors (Lipinski definition) is 3. The Morgan fingerprint density at radius 1 is 1.50 bits per heavy atom. The molecule has 3 unspecified atom stereocenters. The van der Waals surface area contributed by atoms with Crippen molar-refractivity contribution < 1.29 is 4.79 Å². The van der Waals surface area contributed by atoms with Crippen LogP contribution >= 0.6 is 0 Å². The fourth-order valence-electron chi connectivity index (χ4n) is 2.18. The van der Waals surface area contributed by atoms with E-state index in [0.29, 0.717) is 18.5 Å². The summed E-state index contributed by atoms with van der Waals surface area (Å²) in [6, 6.07) is 2.76. The van der Waals surface area contributed by atoms with Crippen molar-refractivity contribution in [2.75, 3.05) is 0 Å². The average Bonchev–Trinajstić information content (AvgIpc) is 2.25. The van der Waals surface area contributed by atoms with E-state index < -0.39 is 5.92 Å². The van der Waals surface area contributed by atoms with E-state index in [1.807, 2.05) is 18.0 Å². The van der Waals surface area contributed by atoms with Gasteiger partial charge in [-0.25, -0.2) is 5.01 Å². The summed E-state index contributed by atoms with van der Waals surface area (Å²) in [4.78, 5) is 11.8. The first kappa shape index (κ1) is 13.0. The zero-order chi connectivity index (χ0) is 12.1. The number of nitriles is 1. The number of nitrogens with zero attached hydrogens (tertiary/aromatic N) is 2. The van der Waals surface area contributed by atoms with Crippen LogP contribution in [0.5, 0.6) is 0 Å². The Morgan fingerprint density at radius 2 is 2.06 bits per heavy atom. The summed E-state index contributed by atoms with van der Waals surface area (Å²) in [5.74, 6) is -0.688. The Hall–Kier alpha value is -1.08. The Labute approximate surface area is 97.6 Å². The van der Waals surface area contributed by atoms with Crippen molar-refractivity contribution in [1.29, 1.82) is 5.26 Å². The Bertz CT molecular complexity index is 274. The smallest absolute Gasteiger partial charge is 0.251 e. The standard InChI is InChI=1S/C12H21N3O/c1-4-11(8-13)12(16)14-15-9(2)6-5-7-10(15)3/h9-11H,4-7H2,1-3H3,(H,14,16). The van der Waals surface area contributed by atoms with Crippen molar-refractivity contribution in [3.05, 3.63) is 0 Å². The summed E-state index contributed by atoms with van der Waals surface area (Å²) in [6.07, 6.45) is 3.99. The molecule has 4 heteroatoms. The molecule has 90 valence electrons. The highest BCUT2D eigenvalue weighted by molar-refractivity contribution is 5.80. The van der Waals surface area contributed by atoms with Crippen molar-refractivity contribution in [2.24, 2.45) is 5.92 Å². The second-order valence-electron chi connectivity index (χ2n) is 4.60. The lowest BCUT2D eigenvalue weighted by molar-refractivity contribution is -0.131. The van der Waals surface area contributed by atoms with E-state index in [4.69, 9.17) is 5.26 Å². The second kappa shape index (κ2) is 5.86. The monoisotopic (exact) mass is 223 g/mol. The van der Waals surface area contributed by atoms with Crippen molar-refractivity contribution in [3.8, 4) is 6.07 Å². The van der Waals surface area contributed by atoms with E-state index in [2.05, 4.69) is 19.3 Å². The predicted molar refractivity (Wildman–Crippen MR) is 62.2 cm³/mol. The molecule has 1 heterocycles. The SMILES string of the molecule is CCC(C#N)C(=O)NN1C(C)CCCC1C. The molecule has 16 heavy (non-hydrogen) atoms. The molecule has 1 saturated heterocycles. The van der Waals surface area contributed by atoms with Crippen molar-refractivity contribution >= 4 is 5.91 Å². The quantitative estimate of drug-likeness (QED) is 0.794. The second-order valence-corrected chi connectivity index (χ2v) is 4.60. The number of rotatable bonds is 3. The van der Waals surface area contributed by atoms with Gasteiger partial charge in [0.1, 0.15) is 5.92 Å². The third-order valence-electron chi connectivity index (χ3n) is 3.31. The van der Waals surface area contributed by atoms with E-state index in [1.165, 1.54) is 6.42 Å². The Kier molecular flexibility index (Phi) is 4.75. The highest BCUT2D eigenvalue weighted by Crippen LogP contribution is 2.20. The number of amides is 1. The molecule has 0 aromatic heterocycles. The van der Waals surface area contributed by atoms with E-state index >= 15 is 0 Å². The van der Waals surface area contributed by atoms with Gasteiger partial charge in [0, 0.05) is 12.1 Å². The van der Waals surface area contributed by atoms with Gasteiger partial charge in [0.15, 0.2) is 0 Å². The zero-order valence-corrected chi connectivity index (χ0v) is 10.4. The third kappa shape index (κ3) is 2.96. The number of carbonyl (C=O) groups is 1. The van der Waals surface area contributed by atoms with Crippen LogP contribution in [0, 0.1) is 17.2 Å². The van der Waals surface area contributed by atoms with Crippen molar-refractivity contribution in [1.82, 2.24) is 10.4 Å². The minimum absolute atomic E-state index is 0.161. The fraction of sp³-hybridized carbons (Fsp3) is 0.833. The molecule has 4 nitrogen and oxygen atoms in total. The number of carbonyl (C=O) groups excluding carboxylic acids is 1. The summed E-state index contributed by atoms with van der Waals surface area (Å²) in [5, 5.41) is 10.8. The molecule has 1 N–H and O–H groups in total. The van der Waals surface area contributed by atoms with Crippen LogP contribution in [-0.4, -0.2) is 23.0 Å². The van der Waals surface area contributed by atoms with Gasteiger partial charge >= 0.3 is 0 Å². The predicted octanol–water partition coefficient (Wildman–Crippen LogP) is 1.83. The lowest BCUT2D eigenvalue weighted by atomic mass is 9.99. The molecule has 1 fully saturated rings. The van der Waals surface area contributed by atoms with Crippen molar-refractivity contribution in [2.45, 2.75) is 58.5 Å². The van der Waals surface area contributed by atoms with Gasteiger partial charge in [-0.1, -0.05) is 13.3 Å². The molecule has 1 aliphatic heterocycles. The van der Waals surface area contributed by atoms with Crippen LogP contribution in [-0.2, 0) is 4.79 Å². The molecular weight excluding hydrogens is 202 g/mol. The van der Waals surface area contributed by atoms with Crippen LogP contribution in [0.2, 0.25) is 0 Å². The first-order chi connectivity index (χ1) is 7.60. The number of piperidine rings is 1. The first-order valence-corrected chi connectivity index (χ1v) is 6.08. The molecule has 1 amide bonds. The summed E-state index contributed by atoms with van der Waals surface area (Å²) < 4.78 is 0. The van der Waals surface area contributed by atoms with Gasteiger partial charge < -0.3 is 0 Å². The van der Waals surface area contributed by atoms with Gasteiger partial charge in [-0.15, -0.1) is 0 Å². The normalized spacial score (nSPS) is 28.1. The minimum Gasteiger partial charge on any atom is -0.287 e. The fourth-order valence-corrected chi connectivity index (χ4v) is 2.18. The molecule has 1 rings (SSSR count). The number of nitrogens with one attached hydrogen (secondary N) is 1. The minimum atomic E-state index is -0.527. The molecular formula is C12H21N3O. The van der Waals surface area contributed by atoms with Crippen molar-refractivity contribution in [3.63, 3.8) is 0 Å². The molecule has 0 saturated carbocycles. The van der Waals surface area contributed by atoms with Gasteiger partial charge in [0.2, 0.25) is 0 Å². The van der Waals surface area contributed by atoms with E-state index in [-0.39, 0.29) is 5.91 Å². The van der Waals surface area contributed by atoms with Gasteiger partial charge in [-0.05, 0) is 33.1 Å². The van der Waals surface area contributed by atoms with Gasteiger partial charge in [-0.2, -0.15) is 5.26 Å². The van der Waals surface area contributed by atoms with Crippen LogP contribution in [0.25, 0.3) is 0 Å². The lowest BCUT2D eigenvalue weighted by Gasteiger charge is -2.39. The van der Waals surface area contributed by atoms with Crippen LogP contribution in [0.3, 0.4) is 0 Å². The van der Waals surface area contributed by atoms with E-state index in [1.54, 1.807) is 0 Å². The largest absolute Gasteiger partial charge is 0.287 e. The van der Waals surface area contributed by atoms with E-state index in [0.717, 1.165) is 12.8 Å². The van der Waals surface area contributed by atoms with Crippen LogP contribution < -0.4 is 5.43 Å². The van der Waals surface area contributed by atoms with Gasteiger partial charge in [0.05, 0.1) is 6.07 Å². The summed E-state index contributed by atoms with van der Waals surface area (Å²) in [6.45, 7) is 6.09. The van der Waals surface area contributed by atoms with Crippen LogP contribution in [0.4, 0.5) is 0 Å². The van der Waals surface area contributed by atoms with Crippen LogP contribution in [0.15, 0.2) is 0 Å². The molecule has 0 spiro atoms.